The molecule has 0 spiro atoms. The molecule has 1 aliphatic rings. The second-order valence-electron chi connectivity index (χ2n) is 4.73. The Kier molecular flexibility index (Phi) is 3.67. The number of benzene rings is 1. The largest absolute Gasteiger partial charge is 0.323 e. The van der Waals surface area contributed by atoms with Gasteiger partial charge in [-0.15, -0.1) is 11.6 Å². The molecule has 2 heterocycles. The third-order valence-corrected chi connectivity index (χ3v) is 5.02. The number of imidazole rings is 1. The van der Waals surface area contributed by atoms with Crippen LogP contribution in [0, 0.1) is 5.82 Å². The summed E-state index contributed by atoms with van der Waals surface area (Å²) < 4.78 is 15.8. The average Bonchev–Trinajstić information content (AvgIpc) is 2.96. The number of hydrogen-bond acceptors (Lipinski definition) is 2. The van der Waals surface area contributed by atoms with Crippen LogP contribution < -0.4 is 0 Å². The lowest BCUT2D eigenvalue weighted by atomic mass is 10.2. The van der Waals surface area contributed by atoms with Gasteiger partial charge in [-0.3, -0.25) is 0 Å². The zero-order chi connectivity index (χ0) is 13.6. The fraction of sp³-hybridized carbons (Fsp3) is 0.462. The molecule has 0 radical (unpaired) electrons. The van der Waals surface area contributed by atoms with Gasteiger partial charge in [-0.05, 0) is 25.2 Å². The van der Waals surface area contributed by atoms with Crippen molar-refractivity contribution in [2.45, 2.75) is 24.8 Å². The maximum atomic E-state index is 13.7. The van der Waals surface area contributed by atoms with E-state index in [1.54, 1.807) is 6.07 Å². The molecule has 2 nitrogen and oxygen atoms in total. The molecule has 2 aromatic rings. The quantitative estimate of drug-likeness (QED) is 0.740. The lowest BCUT2D eigenvalue weighted by molar-refractivity contribution is 0.547. The van der Waals surface area contributed by atoms with Gasteiger partial charge in [-0.25, -0.2) is 9.37 Å². The molecule has 3 rings (SSSR count). The van der Waals surface area contributed by atoms with Crippen LogP contribution in [0.1, 0.15) is 30.6 Å². The van der Waals surface area contributed by atoms with E-state index in [9.17, 15) is 4.39 Å². The fourth-order valence-electron chi connectivity index (χ4n) is 2.50. The molecule has 0 aliphatic carbocycles. The Hall–Kier alpha value is -0.450. The maximum Gasteiger partial charge on any atom is 0.144 e. The van der Waals surface area contributed by atoms with Gasteiger partial charge in [-0.2, -0.15) is 11.8 Å². The van der Waals surface area contributed by atoms with Crippen LogP contribution in [0.3, 0.4) is 0 Å². The number of halogens is 3. The van der Waals surface area contributed by atoms with Crippen molar-refractivity contribution >= 4 is 46.0 Å². The molecule has 1 fully saturated rings. The third-order valence-electron chi connectivity index (χ3n) is 3.39. The number of thioether (sulfide) groups is 1. The summed E-state index contributed by atoms with van der Waals surface area (Å²) in [5.74, 6) is 2.53. The summed E-state index contributed by atoms with van der Waals surface area (Å²) in [7, 11) is 0. The number of nitrogens with zero attached hydrogens (tertiary/aromatic N) is 2. The average molecular weight is 319 g/mol. The van der Waals surface area contributed by atoms with E-state index < -0.39 is 5.82 Å². The highest BCUT2D eigenvalue weighted by molar-refractivity contribution is 7.99. The second-order valence-corrected chi connectivity index (χ2v) is 6.94. The topological polar surface area (TPSA) is 17.8 Å². The van der Waals surface area contributed by atoms with E-state index >= 15 is 0 Å². The number of fused-ring (bicyclic) bond motifs is 1. The Bertz CT molecular complexity index is 621. The van der Waals surface area contributed by atoms with Crippen LogP contribution in [0.4, 0.5) is 4.39 Å². The summed E-state index contributed by atoms with van der Waals surface area (Å²) in [5, 5.41) is -0.105. The SMILES string of the molecule is CC(Cl)c1nc2cc(Cl)c(F)cc2n1C1CCSC1. The Morgan fingerprint density at radius 1 is 1.53 bits per heavy atom. The number of hydrogen-bond donors (Lipinski definition) is 0. The van der Waals surface area contributed by atoms with Gasteiger partial charge >= 0.3 is 0 Å². The van der Waals surface area contributed by atoms with Gasteiger partial charge < -0.3 is 4.57 Å². The van der Waals surface area contributed by atoms with Crippen molar-refractivity contribution in [1.82, 2.24) is 9.55 Å². The Morgan fingerprint density at radius 2 is 2.32 bits per heavy atom. The van der Waals surface area contributed by atoms with Crippen molar-refractivity contribution in [1.29, 1.82) is 0 Å². The minimum atomic E-state index is -0.408. The summed E-state index contributed by atoms with van der Waals surface area (Å²) >= 11 is 14.0. The lowest BCUT2D eigenvalue weighted by Crippen LogP contribution is -2.12. The molecule has 1 saturated heterocycles. The van der Waals surface area contributed by atoms with Crippen LogP contribution >= 0.6 is 35.0 Å². The van der Waals surface area contributed by atoms with Crippen molar-refractivity contribution in [2.24, 2.45) is 0 Å². The van der Waals surface area contributed by atoms with Crippen LogP contribution in [0.5, 0.6) is 0 Å². The van der Waals surface area contributed by atoms with E-state index in [2.05, 4.69) is 9.55 Å². The molecular weight excluding hydrogens is 306 g/mol. The van der Waals surface area contributed by atoms with Crippen LogP contribution in [0.25, 0.3) is 11.0 Å². The summed E-state index contributed by atoms with van der Waals surface area (Å²) in [6, 6.07) is 3.39. The first kappa shape index (κ1) is 13.5. The number of rotatable bonds is 2. The molecule has 2 unspecified atom stereocenters. The maximum absolute atomic E-state index is 13.7. The normalized spacial score (nSPS) is 21.2. The molecule has 2 atom stereocenters. The van der Waals surface area contributed by atoms with Crippen LogP contribution in [0.15, 0.2) is 12.1 Å². The highest BCUT2D eigenvalue weighted by Crippen LogP contribution is 2.36. The number of alkyl halides is 1. The first-order valence-corrected chi connectivity index (χ1v) is 8.13. The number of aromatic nitrogens is 2. The van der Waals surface area contributed by atoms with Crippen LogP contribution in [-0.2, 0) is 0 Å². The molecule has 102 valence electrons. The van der Waals surface area contributed by atoms with Gasteiger partial charge in [0.15, 0.2) is 0 Å². The van der Waals surface area contributed by atoms with Gasteiger partial charge in [-0.1, -0.05) is 11.6 Å². The first-order chi connectivity index (χ1) is 9.08. The van der Waals surface area contributed by atoms with E-state index in [4.69, 9.17) is 23.2 Å². The van der Waals surface area contributed by atoms with E-state index in [0.717, 1.165) is 29.3 Å². The molecule has 0 saturated carbocycles. The van der Waals surface area contributed by atoms with E-state index in [1.165, 1.54) is 6.07 Å². The predicted octanol–water partition coefficient (Wildman–Crippen LogP) is 4.81. The molecule has 0 N–H and O–H groups in total. The molecule has 1 aliphatic heterocycles. The minimum Gasteiger partial charge on any atom is -0.323 e. The van der Waals surface area contributed by atoms with Crippen molar-refractivity contribution in [3.8, 4) is 0 Å². The fourth-order valence-corrected chi connectivity index (χ4v) is 4.00. The molecule has 0 amide bonds. The molecule has 0 bridgehead atoms. The highest BCUT2D eigenvalue weighted by atomic mass is 35.5. The van der Waals surface area contributed by atoms with E-state index in [0.29, 0.717) is 11.6 Å². The molecule has 19 heavy (non-hydrogen) atoms. The van der Waals surface area contributed by atoms with Crippen molar-refractivity contribution in [3.63, 3.8) is 0 Å². The molecular formula is C13H13Cl2FN2S. The lowest BCUT2D eigenvalue weighted by Gasteiger charge is -2.16. The smallest absolute Gasteiger partial charge is 0.144 e. The van der Waals surface area contributed by atoms with Gasteiger partial charge in [0.25, 0.3) is 0 Å². The van der Waals surface area contributed by atoms with E-state index in [1.807, 2.05) is 18.7 Å². The molecule has 1 aromatic heterocycles. The third kappa shape index (κ3) is 2.34. The zero-order valence-corrected chi connectivity index (χ0v) is 12.7. The van der Waals surface area contributed by atoms with Crippen LogP contribution in [-0.4, -0.2) is 21.1 Å². The summed E-state index contributed by atoms with van der Waals surface area (Å²) in [6.45, 7) is 1.89. The van der Waals surface area contributed by atoms with E-state index in [-0.39, 0.29) is 10.4 Å². The summed E-state index contributed by atoms with van der Waals surface area (Å²) in [6.07, 6.45) is 1.07. The van der Waals surface area contributed by atoms with Crippen molar-refractivity contribution in [3.05, 3.63) is 28.8 Å². The highest BCUT2D eigenvalue weighted by Gasteiger charge is 2.25. The van der Waals surface area contributed by atoms with Gasteiger partial charge in [0, 0.05) is 17.9 Å². The second kappa shape index (κ2) is 5.15. The Morgan fingerprint density at radius 3 is 2.95 bits per heavy atom. The van der Waals surface area contributed by atoms with Gasteiger partial charge in [0.1, 0.15) is 11.6 Å². The predicted molar refractivity (Wildman–Crippen MR) is 79.9 cm³/mol. The molecule has 1 aromatic carbocycles. The van der Waals surface area contributed by atoms with Gasteiger partial charge in [0.2, 0.25) is 0 Å². The van der Waals surface area contributed by atoms with Crippen molar-refractivity contribution < 1.29 is 4.39 Å². The summed E-state index contributed by atoms with van der Waals surface area (Å²) in [4.78, 5) is 4.53. The van der Waals surface area contributed by atoms with Crippen molar-refractivity contribution in [2.75, 3.05) is 11.5 Å². The zero-order valence-electron chi connectivity index (χ0n) is 10.4. The summed E-state index contributed by atoms with van der Waals surface area (Å²) in [5.41, 5.74) is 1.50. The Labute approximate surface area is 125 Å². The first-order valence-electron chi connectivity index (χ1n) is 6.16. The monoisotopic (exact) mass is 318 g/mol. The van der Waals surface area contributed by atoms with Crippen LogP contribution in [0.2, 0.25) is 5.02 Å². The molecule has 6 heteroatoms. The minimum absolute atomic E-state index is 0.103. The standard InChI is InChI=1S/C13H13Cl2FN2S/c1-7(14)13-17-11-4-9(15)10(16)5-12(11)18(13)8-2-3-19-6-8/h4-5,7-8H,2-3,6H2,1H3. The Balaban J connectivity index is 2.25. The van der Waals surface area contributed by atoms with Gasteiger partial charge in [0.05, 0.1) is 21.4 Å².